The maximum Gasteiger partial charge on any atom is 0.141 e. The first kappa shape index (κ1) is 13.6. The quantitative estimate of drug-likeness (QED) is 0.892. The molecule has 1 N–H and O–H groups in total. The Kier molecular flexibility index (Phi) is 4.86. The molecule has 2 aromatic heterocycles. The highest BCUT2D eigenvalue weighted by atomic mass is 79.9. The van der Waals surface area contributed by atoms with Gasteiger partial charge in [0.2, 0.25) is 0 Å². The molecule has 0 aliphatic heterocycles. The lowest BCUT2D eigenvalue weighted by atomic mass is 10.0. The van der Waals surface area contributed by atoms with E-state index in [1.165, 1.54) is 12.3 Å². The van der Waals surface area contributed by atoms with Gasteiger partial charge in [-0.15, -0.1) is 11.3 Å². The van der Waals surface area contributed by atoms with Crippen molar-refractivity contribution in [1.82, 2.24) is 10.3 Å². The maximum absolute atomic E-state index is 13.3. The summed E-state index contributed by atoms with van der Waals surface area (Å²) in [6.45, 7) is 2.99. The highest BCUT2D eigenvalue weighted by molar-refractivity contribution is 9.11. The van der Waals surface area contributed by atoms with Crippen LogP contribution in [0.2, 0.25) is 0 Å². The fourth-order valence-electron chi connectivity index (χ4n) is 1.78. The number of nitrogens with one attached hydrogen (secondary N) is 1. The van der Waals surface area contributed by atoms with Gasteiger partial charge in [0.05, 0.1) is 16.0 Å². The Morgan fingerprint density at radius 2 is 2.22 bits per heavy atom. The molecular weight excluding hydrogens is 315 g/mol. The van der Waals surface area contributed by atoms with E-state index in [-0.39, 0.29) is 11.9 Å². The number of aromatic nitrogens is 1. The van der Waals surface area contributed by atoms with Crippen LogP contribution in [0.3, 0.4) is 0 Å². The van der Waals surface area contributed by atoms with Gasteiger partial charge in [0.1, 0.15) is 5.82 Å². The largest absolute Gasteiger partial charge is 0.306 e. The van der Waals surface area contributed by atoms with Gasteiger partial charge in [-0.25, -0.2) is 4.39 Å². The molecular formula is C13H14BrFN2S. The van der Waals surface area contributed by atoms with Crippen LogP contribution in [-0.2, 0) is 0 Å². The second-order valence-corrected chi connectivity index (χ2v) is 6.30. The van der Waals surface area contributed by atoms with Crippen LogP contribution < -0.4 is 5.32 Å². The number of halogens is 2. The Hall–Kier alpha value is -0.780. The molecule has 18 heavy (non-hydrogen) atoms. The van der Waals surface area contributed by atoms with Crippen LogP contribution in [0.4, 0.5) is 4.39 Å². The molecule has 1 unspecified atom stereocenters. The maximum atomic E-state index is 13.3. The lowest BCUT2D eigenvalue weighted by molar-refractivity contribution is 0.581. The summed E-state index contributed by atoms with van der Waals surface area (Å²) in [6, 6.07) is 3.59. The van der Waals surface area contributed by atoms with Gasteiger partial charge in [-0.1, -0.05) is 6.92 Å². The predicted molar refractivity (Wildman–Crippen MR) is 76.4 cm³/mol. The third-order valence-corrected chi connectivity index (χ3v) is 4.10. The minimum absolute atomic E-state index is 0.00398. The van der Waals surface area contributed by atoms with Crippen molar-refractivity contribution < 1.29 is 4.39 Å². The smallest absolute Gasteiger partial charge is 0.141 e. The molecule has 0 aromatic carbocycles. The molecule has 0 fully saturated rings. The zero-order valence-corrected chi connectivity index (χ0v) is 12.4. The Morgan fingerprint density at radius 1 is 1.39 bits per heavy atom. The van der Waals surface area contributed by atoms with Crippen LogP contribution in [0.5, 0.6) is 0 Å². The molecule has 0 aliphatic carbocycles. The molecule has 0 saturated carbocycles. The summed E-state index contributed by atoms with van der Waals surface area (Å²) in [5.41, 5.74) is 1.99. The second-order valence-electron chi connectivity index (χ2n) is 4.01. The lowest BCUT2D eigenvalue weighted by Gasteiger charge is -2.17. The lowest BCUT2D eigenvalue weighted by Crippen LogP contribution is -2.23. The van der Waals surface area contributed by atoms with E-state index in [9.17, 15) is 4.39 Å². The van der Waals surface area contributed by atoms with Crippen molar-refractivity contribution in [3.8, 4) is 0 Å². The Balaban J connectivity index is 2.30. The van der Waals surface area contributed by atoms with E-state index in [4.69, 9.17) is 0 Å². The van der Waals surface area contributed by atoms with Crippen molar-refractivity contribution in [3.05, 3.63) is 50.6 Å². The first-order chi connectivity index (χ1) is 8.70. The number of nitrogens with zero attached hydrogens (tertiary/aromatic N) is 1. The summed E-state index contributed by atoms with van der Waals surface area (Å²) >= 11 is 5.08. The van der Waals surface area contributed by atoms with Crippen LogP contribution in [0.25, 0.3) is 0 Å². The summed E-state index contributed by atoms with van der Waals surface area (Å²) in [5, 5.41) is 5.49. The number of pyridine rings is 1. The molecule has 0 saturated heterocycles. The number of hydrogen-bond acceptors (Lipinski definition) is 3. The van der Waals surface area contributed by atoms with Gasteiger partial charge in [-0.05, 0) is 57.5 Å². The molecule has 0 aliphatic rings. The zero-order chi connectivity index (χ0) is 13.0. The zero-order valence-electron chi connectivity index (χ0n) is 9.99. The van der Waals surface area contributed by atoms with Crippen molar-refractivity contribution in [2.75, 3.05) is 6.54 Å². The number of hydrogen-bond donors (Lipinski definition) is 1. The predicted octanol–water partition coefficient (Wildman–Crippen LogP) is 4.13. The molecule has 1 atom stereocenters. The molecule has 5 heteroatoms. The van der Waals surface area contributed by atoms with Gasteiger partial charge in [0, 0.05) is 6.20 Å². The normalized spacial score (nSPS) is 12.6. The van der Waals surface area contributed by atoms with Crippen molar-refractivity contribution in [1.29, 1.82) is 0 Å². The minimum atomic E-state index is -0.301. The molecule has 0 bridgehead atoms. The van der Waals surface area contributed by atoms with Crippen molar-refractivity contribution in [2.45, 2.75) is 19.4 Å². The van der Waals surface area contributed by atoms with Crippen molar-refractivity contribution in [2.24, 2.45) is 0 Å². The van der Waals surface area contributed by atoms with Crippen LogP contribution >= 0.6 is 27.3 Å². The van der Waals surface area contributed by atoms with E-state index in [0.717, 1.165) is 27.9 Å². The van der Waals surface area contributed by atoms with E-state index in [0.29, 0.717) is 0 Å². The molecule has 0 radical (unpaired) electrons. The van der Waals surface area contributed by atoms with Crippen molar-refractivity contribution in [3.63, 3.8) is 0 Å². The first-order valence-corrected chi connectivity index (χ1v) is 7.45. The van der Waals surface area contributed by atoms with E-state index in [1.54, 1.807) is 17.5 Å². The molecule has 2 rings (SSSR count). The molecule has 0 amide bonds. The Labute approximate surface area is 118 Å². The van der Waals surface area contributed by atoms with Crippen LogP contribution in [0, 0.1) is 5.82 Å². The second kappa shape index (κ2) is 6.41. The third-order valence-electron chi connectivity index (χ3n) is 2.58. The molecule has 2 heterocycles. The number of rotatable bonds is 5. The summed E-state index contributed by atoms with van der Waals surface area (Å²) in [6.07, 6.45) is 3.97. The average Bonchev–Trinajstić information content (AvgIpc) is 2.76. The highest BCUT2D eigenvalue weighted by Crippen LogP contribution is 2.29. The molecule has 96 valence electrons. The fraction of sp³-hybridized carbons (Fsp3) is 0.308. The van der Waals surface area contributed by atoms with E-state index < -0.39 is 0 Å². The summed E-state index contributed by atoms with van der Waals surface area (Å²) < 4.78 is 14.3. The topological polar surface area (TPSA) is 24.9 Å². The Bertz CT molecular complexity index is 515. The summed E-state index contributed by atoms with van der Waals surface area (Å²) in [7, 11) is 0. The standard InChI is InChI=1S/C13H14BrFN2S/c1-2-3-17-13(10-5-12(14)18-8-10)9-4-11(15)7-16-6-9/h4-8,13,17H,2-3H2,1H3. The van der Waals surface area contributed by atoms with E-state index in [2.05, 4.69) is 44.6 Å². The van der Waals surface area contributed by atoms with Crippen molar-refractivity contribution >= 4 is 27.3 Å². The van der Waals surface area contributed by atoms with Crippen LogP contribution in [0.1, 0.15) is 30.5 Å². The molecule has 2 nitrogen and oxygen atoms in total. The van der Waals surface area contributed by atoms with E-state index >= 15 is 0 Å². The third kappa shape index (κ3) is 3.37. The van der Waals surface area contributed by atoms with Gasteiger partial charge in [0.15, 0.2) is 0 Å². The highest BCUT2D eigenvalue weighted by Gasteiger charge is 2.15. The van der Waals surface area contributed by atoms with E-state index in [1.807, 2.05) is 0 Å². The number of thiophene rings is 1. The van der Waals surface area contributed by atoms with Crippen LogP contribution in [-0.4, -0.2) is 11.5 Å². The van der Waals surface area contributed by atoms with Gasteiger partial charge in [-0.3, -0.25) is 4.98 Å². The fourth-order valence-corrected chi connectivity index (χ4v) is 2.98. The SMILES string of the molecule is CCCNC(c1cncc(F)c1)c1csc(Br)c1. The van der Waals surface area contributed by atoms with Gasteiger partial charge < -0.3 is 5.32 Å². The minimum Gasteiger partial charge on any atom is -0.306 e. The van der Waals surface area contributed by atoms with Gasteiger partial charge in [-0.2, -0.15) is 0 Å². The van der Waals surface area contributed by atoms with Crippen LogP contribution in [0.15, 0.2) is 33.7 Å². The van der Waals surface area contributed by atoms with Gasteiger partial charge >= 0.3 is 0 Å². The van der Waals surface area contributed by atoms with Gasteiger partial charge in [0.25, 0.3) is 0 Å². The average molecular weight is 329 g/mol. The summed E-state index contributed by atoms with van der Waals surface area (Å²) in [5.74, 6) is -0.301. The molecule has 0 spiro atoms. The Morgan fingerprint density at radius 3 is 2.83 bits per heavy atom. The monoisotopic (exact) mass is 328 g/mol. The summed E-state index contributed by atoms with van der Waals surface area (Å²) in [4.78, 5) is 3.92. The molecule has 2 aromatic rings. The first-order valence-electron chi connectivity index (χ1n) is 5.78.